The Morgan fingerprint density at radius 1 is 1.38 bits per heavy atom. The van der Waals surface area contributed by atoms with Gasteiger partial charge in [-0.1, -0.05) is 26.0 Å². The predicted molar refractivity (Wildman–Crippen MR) is 76.0 cm³/mol. The zero-order chi connectivity index (χ0) is 16.4. The number of aliphatic carboxylic acids is 1. The summed E-state index contributed by atoms with van der Waals surface area (Å²) in [5.74, 6) is -2.34. The van der Waals surface area contributed by atoms with Gasteiger partial charge in [0, 0.05) is 11.8 Å². The van der Waals surface area contributed by atoms with Crippen molar-refractivity contribution in [3.63, 3.8) is 0 Å². The van der Waals surface area contributed by atoms with E-state index in [0.29, 0.717) is 0 Å². The third-order valence-corrected chi connectivity index (χ3v) is 4.12. The largest absolute Gasteiger partial charge is 0.481 e. The van der Waals surface area contributed by atoms with Gasteiger partial charge < -0.3 is 5.11 Å². The number of nitrogens with zero attached hydrogens (tertiary/aromatic N) is 1. The average molecular weight is 315 g/mol. The maximum atomic E-state index is 11.7. The van der Waals surface area contributed by atoms with Gasteiger partial charge in [0.25, 0.3) is 5.69 Å². The number of sulfone groups is 1. The number of carbonyl (C=O) groups is 1. The third kappa shape index (κ3) is 4.01. The number of carboxylic acids is 1. The molecule has 0 spiro atoms. The van der Waals surface area contributed by atoms with Gasteiger partial charge in [0.1, 0.15) is 4.90 Å². The number of nitro groups is 1. The molecule has 1 unspecified atom stereocenters. The second-order valence-electron chi connectivity index (χ2n) is 5.24. The summed E-state index contributed by atoms with van der Waals surface area (Å²) in [7, 11) is -3.82. The fourth-order valence-corrected chi connectivity index (χ4v) is 3.02. The Morgan fingerprint density at radius 2 is 1.95 bits per heavy atom. The van der Waals surface area contributed by atoms with Crippen molar-refractivity contribution < 1.29 is 23.2 Å². The molecule has 1 aromatic rings. The minimum Gasteiger partial charge on any atom is -0.481 e. The summed E-state index contributed by atoms with van der Waals surface area (Å²) in [5, 5.41) is 20.6. The van der Waals surface area contributed by atoms with Crippen molar-refractivity contribution in [3.8, 4) is 0 Å². The zero-order valence-corrected chi connectivity index (χ0v) is 12.8. The Kier molecular flexibility index (Phi) is 5.06. The summed E-state index contributed by atoms with van der Waals surface area (Å²) in [6.45, 7) is 3.59. The highest BCUT2D eigenvalue weighted by Gasteiger charge is 2.33. The standard InChI is InChI=1S/C13H17NO6S/c1-8(2)7-10(13(15)16)9-5-4-6-11(21(3,19)20)12(9)14(17)18/h4-6,8,10H,7H2,1-3H3,(H,15,16). The SMILES string of the molecule is CC(C)CC(C(=O)O)c1cccc(S(C)(=O)=O)c1[N+](=O)[O-]. The number of carboxylic acid groups (broad SMARTS) is 1. The molecule has 0 saturated carbocycles. The molecule has 0 bridgehead atoms. The van der Waals surface area contributed by atoms with Crippen molar-refractivity contribution in [3.05, 3.63) is 33.9 Å². The lowest BCUT2D eigenvalue weighted by molar-refractivity contribution is -0.388. The highest BCUT2D eigenvalue weighted by atomic mass is 32.2. The lowest BCUT2D eigenvalue weighted by atomic mass is 9.89. The van der Waals surface area contributed by atoms with Gasteiger partial charge in [0.15, 0.2) is 9.84 Å². The molecule has 0 saturated heterocycles. The van der Waals surface area contributed by atoms with Crippen LogP contribution in [0.3, 0.4) is 0 Å². The smallest absolute Gasteiger partial charge is 0.311 e. The van der Waals surface area contributed by atoms with E-state index in [9.17, 15) is 28.4 Å². The van der Waals surface area contributed by atoms with Crippen LogP contribution in [0.1, 0.15) is 31.7 Å². The minimum atomic E-state index is -3.82. The molecule has 0 aliphatic rings. The van der Waals surface area contributed by atoms with E-state index in [-0.39, 0.29) is 17.9 Å². The van der Waals surface area contributed by atoms with Crippen molar-refractivity contribution in [1.29, 1.82) is 0 Å². The molecule has 0 amide bonds. The van der Waals surface area contributed by atoms with E-state index in [0.717, 1.165) is 12.3 Å². The first-order valence-electron chi connectivity index (χ1n) is 6.25. The van der Waals surface area contributed by atoms with E-state index >= 15 is 0 Å². The van der Waals surface area contributed by atoms with Crippen LogP contribution >= 0.6 is 0 Å². The first-order valence-corrected chi connectivity index (χ1v) is 8.15. The molecule has 1 rings (SSSR count). The first-order chi connectivity index (χ1) is 9.55. The predicted octanol–water partition coefficient (Wildman–Crippen LogP) is 2.21. The second kappa shape index (κ2) is 6.21. The number of hydrogen-bond acceptors (Lipinski definition) is 5. The number of para-hydroxylation sites is 1. The van der Waals surface area contributed by atoms with Crippen LogP contribution in [0, 0.1) is 16.0 Å². The molecule has 7 nitrogen and oxygen atoms in total. The van der Waals surface area contributed by atoms with Crippen molar-refractivity contribution in [2.24, 2.45) is 5.92 Å². The number of hydrogen-bond donors (Lipinski definition) is 1. The van der Waals surface area contributed by atoms with E-state index < -0.39 is 37.2 Å². The summed E-state index contributed by atoms with van der Waals surface area (Å²) < 4.78 is 23.3. The molecule has 0 radical (unpaired) electrons. The van der Waals surface area contributed by atoms with Crippen LogP contribution in [-0.2, 0) is 14.6 Å². The van der Waals surface area contributed by atoms with Crippen molar-refractivity contribution >= 4 is 21.5 Å². The van der Waals surface area contributed by atoms with E-state index in [1.807, 2.05) is 0 Å². The van der Waals surface area contributed by atoms with Crippen LogP contribution in [0.4, 0.5) is 5.69 Å². The van der Waals surface area contributed by atoms with E-state index in [4.69, 9.17) is 0 Å². The number of nitro benzene ring substituents is 1. The summed E-state index contributed by atoms with van der Waals surface area (Å²) in [6.07, 6.45) is 1.04. The molecular formula is C13H17NO6S. The Hall–Kier alpha value is -1.96. The van der Waals surface area contributed by atoms with Crippen molar-refractivity contribution in [2.75, 3.05) is 6.26 Å². The lowest BCUT2D eigenvalue weighted by Crippen LogP contribution is -2.17. The lowest BCUT2D eigenvalue weighted by Gasteiger charge is -2.16. The van der Waals surface area contributed by atoms with Crippen LogP contribution in [0.5, 0.6) is 0 Å². The zero-order valence-electron chi connectivity index (χ0n) is 11.9. The fraction of sp³-hybridized carbons (Fsp3) is 0.462. The van der Waals surface area contributed by atoms with Crippen molar-refractivity contribution in [2.45, 2.75) is 31.1 Å². The Balaban J connectivity index is 3.62. The average Bonchev–Trinajstić information content (AvgIpc) is 2.33. The number of benzene rings is 1. The van der Waals surface area contributed by atoms with E-state index in [1.54, 1.807) is 13.8 Å². The van der Waals surface area contributed by atoms with Gasteiger partial charge in [-0.15, -0.1) is 0 Å². The molecule has 1 N–H and O–H groups in total. The third-order valence-electron chi connectivity index (χ3n) is 2.99. The number of rotatable bonds is 6. The monoisotopic (exact) mass is 315 g/mol. The Bertz CT molecular complexity index is 665. The van der Waals surface area contributed by atoms with Gasteiger partial charge in [-0.3, -0.25) is 14.9 Å². The van der Waals surface area contributed by atoms with Crippen LogP contribution in [0.15, 0.2) is 23.1 Å². The normalized spacial score (nSPS) is 13.1. The molecule has 0 aliphatic heterocycles. The first kappa shape index (κ1) is 17.1. The molecule has 0 fully saturated rings. The van der Waals surface area contributed by atoms with Gasteiger partial charge in [-0.05, 0) is 18.4 Å². The topological polar surface area (TPSA) is 115 Å². The Morgan fingerprint density at radius 3 is 2.33 bits per heavy atom. The fourth-order valence-electron chi connectivity index (χ4n) is 2.15. The van der Waals surface area contributed by atoms with Gasteiger partial charge in [-0.25, -0.2) is 8.42 Å². The molecule has 0 aliphatic carbocycles. The molecule has 0 aromatic heterocycles. The van der Waals surface area contributed by atoms with Crippen LogP contribution < -0.4 is 0 Å². The van der Waals surface area contributed by atoms with Gasteiger partial charge >= 0.3 is 5.97 Å². The van der Waals surface area contributed by atoms with Gasteiger partial charge in [0.2, 0.25) is 0 Å². The van der Waals surface area contributed by atoms with E-state index in [1.165, 1.54) is 12.1 Å². The summed E-state index contributed by atoms with van der Waals surface area (Å²) in [5.41, 5.74) is -0.725. The maximum absolute atomic E-state index is 11.7. The quantitative estimate of drug-likeness (QED) is 0.635. The molecule has 1 atom stereocenters. The Labute approximate surface area is 122 Å². The minimum absolute atomic E-state index is 0.00686. The second-order valence-corrected chi connectivity index (χ2v) is 7.23. The molecule has 116 valence electrons. The summed E-state index contributed by atoms with van der Waals surface area (Å²) >= 11 is 0. The molecule has 0 heterocycles. The summed E-state index contributed by atoms with van der Waals surface area (Å²) in [4.78, 5) is 21.4. The van der Waals surface area contributed by atoms with Gasteiger partial charge in [0.05, 0.1) is 10.8 Å². The highest BCUT2D eigenvalue weighted by Crippen LogP contribution is 2.35. The van der Waals surface area contributed by atoms with Crippen LogP contribution in [0.25, 0.3) is 0 Å². The molecule has 1 aromatic carbocycles. The van der Waals surface area contributed by atoms with Crippen LogP contribution in [0.2, 0.25) is 0 Å². The highest BCUT2D eigenvalue weighted by molar-refractivity contribution is 7.90. The van der Waals surface area contributed by atoms with Crippen LogP contribution in [-0.4, -0.2) is 30.7 Å². The van der Waals surface area contributed by atoms with Gasteiger partial charge in [-0.2, -0.15) is 0 Å². The molecule has 8 heteroatoms. The molecular weight excluding hydrogens is 298 g/mol. The summed E-state index contributed by atoms with van der Waals surface area (Å²) in [6, 6.07) is 3.74. The van der Waals surface area contributed by atoms with Crippen molar-refractivity contribution in [1.82, 2.24) is 0 Å². The molecule has 21 heavy (non-hydrogen) atoms. The maximum Gasteiger partial charge on any atom is 0.311 e. The van der Waals surface area contributed by atoms with E-state index in [2.05, 4.69) is 0 Å².